The Bertz CT molecular complexity index is 580. The average molecular weight is 349 g/mol. The van der Waals surface area contributed by atoms with Crippen LogP contribution in [-0.4, -0.2) is 37.7 Å². The Morgan fingerprint density at radius 2 is 1.95 bits per heavy atom. The molecule has 0 spiro atoms. The van der Waals surface area contributed by atoms with Gasteiger partial charge in [0.15, 0.2) is 12.7 Å². The van der Waals surface area contributed by atoms with Crippen LogP contribution < -0.4 is 15.4 Å². The maximum atomic E-state index is 11.7. The molecular weight excluding hydrogens is 335 g/mol. The van der Waals surface area contributed by atoms with E-state index in [1.165, 1.54) is 26.1 Å². The molecule has 0 heterocycles. The summed E-state index contributed by atoms with van der Waals surface area (Å²) in [6, 6.07) is 3.83. The Balaban J connectivity index is 2.48. The number of benzene rings is 1. The molecule has 0 aliphatic heterocycles. The van der Waals surface area contributed by atoms with E-state index in [9.17, 15) is 14.4 Å². The van der Waals surface area contributed by atoms with Crippen molar-refractivity contribution in [1.29, 1.82) is 0 Å². The molecule has 0 radical (unpaired) electrons. The molecule has 0 bridgehead atoms. The van der Waals surface area contributed by atoms with E-state index in [-0.39, 0.29) is 10.8 Å². The van der Waals surface area contributed by atoms with E-state index in [0.29, 0.717) is 5.02 Å². The van der Waals surface area contributed by atoms with Crippen LogP contribution in [0.15, 0.2) is 18.2 Å². The van der Waals surface area contributed by atoms with Crippen molar-refractivity contribution in [3.63, 3.8) is 0 Å². The number of hydrogen-bond donors (Lipinski definition) is 2. The van der Waals surface area contributed by atoms with Crippen molar-refractivity contribution in [2.45, 2.75) is 13.0 Å². The van der Waals surface area contributed by atoms with Crippen molar-refractivity contribution in [3.05, 3.63) is 28.2 Å². The molecule has 0 fully saturated rings. The number of imide groups is 1. The summed E-state index contributed by atoms with van der Waals surface area (Å²) in [6.07, 6.45) is -0.994. The maximum Gasteiger partial charge on any atom is 0.347 e. The van der Waals surface area contributed by atoms with Crippen molar-refractivity contribution in [1.82, 2.24) is 10.6 Å². The molecular formula is C13H14Cl2N2O5. The number of urea groups is 1. The van der Waals surface area contributed by atoms with Gasteiger partial charge >= 0.3 is 12.0 Å². The molecule has 22 heavy (non-hydrogen) atoms. The van der Waals surface area contributed by atoms with Crippen LogP contribution in [0.25, 0.3) is 0 Å². The Kier molecular flexibility index (Phi) is 6.94. The highest BCUT2D eigenvalue weighted by atomic mass is 35.5. The first-order valence-electron chi connectivity index (χ1n) is 6.13. The summed E-state index contributed by atoms with van der Waals surface area (Å²) in [5.74, 6) is -1.28. The second kappa shape index (κ2) is 8.45. The lowest BCUT2D eigenvalue weighted by molar-refractivity contribution is -0.154. The van der Waals surface area contributed by atoms with E-state index in [1.807, 2.05) is 5.32 Å². The standard InChI is InChI=1S/C13H14Cl2N2O5/c1-7(22-10-4-3-8(14)5-9(10)15)12(19)21-6-11(18)17-13(20)16-2/h3-5,7H,6H2,1-2H3,(H2,16,17,18,20). The van der Waals surface area contributed by atoms with Crippen LogP contribution in [0, 0.1) is 0 Å². The number of carbonyl (C=O) groups is 3. The molecule has 7 nitrogen and oxygen atoms in total. The number of rotatable bonds is 5. The molecule has 9 heteroatoms. The fourth-order valence-corrected chi connectivity index (χ4v) is 1.74. The van der Waals surface area contributed by atoms with Gasteiger partial charge in [-0.2, -0.15) is 0 Å². The minimum absolute atomic E-state index is 0.240. The molecule has 3 amide bonds. The third-order valence-electron chi connectivity index (χ3n) is 2.36. The molecule has 0 aromatic heterocycles. The van der Waals surface area contributed by atoms with Gasteiger partial charge in [-0.3, -0.25) is 10.1 Å². The molecule has 1 rings (SSSR count). The topological polar surface area (TPSA) is 93.7 Å². The van der Waals surface area contributed by atoms with Crippen LogP contribution in [0.3, 0.4) is 0 Å². The molecule has 1 unspecified atom stereocenters. The van der Waals surface area contributed by atoms with Crippen molar-refractivity contribution in [2.24, 2.45) is 0 Å². The maximum absolute atomic E-state index is 11.7. The van der Waals surface area contributed by atoms with Gasteiger partial charge in [-0.15, -0.1) is 0 Å². The van der Waals surface area contributed by atoms with Gasteiger partial charge < -0.3 is 14.8 Å². The number of halogens is 2. The van der Waals surface area contributed by atoms with Gasteiger partial charge in [-0.05, 0) is 25.1 Å². The third-order valence-corrected chi connectivity index (χ3v) is 2.89. The smallest absolute Gasteiger partial charge is 0.347 e. The summed E-state index contributed by atoms with van der Waals surface area (Å²) in [4.78, 5) is 33.8. The summed E-state index contributed by atoms with van der Waals surface area (Å²) in [5, 5.41) is 4.80. The number of ether oxygens (including phenoxy) is 2. The van der Waals surface area contributed by atoms with Gasteiger partial charge in [0.2, 0.25) is 0 Å². The summed E-state index contributed by atoms with van der Waals surface area (Å²) in [6.45, 7) is 0.832. The Morgan fingerprint density at radius 3 is 2.55 bits per heavy atom. The zero-order valence-corrected chi connectivity index (χ0v) is 13.3. The molecule has 0 saturated heterocycles. The Hall–Kier alpha value is -1.99. The minimum atomic E-state index is -0.994. The van der Waals surface area contributed by atoms with Crippen LogP contribution in [0.2, 0.25) is 10.0 Å². The van der Waals surface area contributed by atoms with Crippen LogP contribution in [0.4, 0.5) is 4.79 Å². The van der Waals surface area contributed by atoms with Crippen molar-refractivity contribution >= 4 is 41.1 Å². The van der Waals surface area contributed by atoms with Crippen LogP contribution in [-0.2, 0) is 14.3 Å². The molecule has 0 saturated carbocycles. The van der Waals surface area contributed by atoms with Crippen LogP contribution >= 0.6 is 23.2 Å². The largest absolute Gasteiger partial charge is 0.477 e. The number of carbonyl (C=O) groups excluding carboxylic acids is 3. The lowest BCUT2D eigenvalue weighted by Gasteiger charge is -2.14. The van der Waals surface area contributed by atoms with Crippen LogP contribution in [0.1, 0.15) is 6.92 Å². The van der Waals surface area contributed by atoms with E-state index in [0.717, 1.165) is 0 Å². The van der Waals surface area contributed by atoms with Gasteiger partial charge in [0.1, 0.15) is 5.75 Å². The fourth-order valence-electron chi connectivity index (χ4n) is 1.29. The summed E-state index contributed by atoms with van der Waals surface area (Å²) >= 11 is 11.7. The normalized spacial score (nSPS) is 11.3. The van der Waals surface area contributed by atoms with Gasteiger partial charge in [0.05, 0.1) is 5.02 Å². The van der Waals surface area contributed by atoms with E-state index < -0.39 is 30.6 Å². The summed E-state index contributed by atoms with van der Waals surface area (Å²) in [7, 11) is 1.35. The van der Waals surface area contributed by atoms with Crippen LogP contribution in [0.5, 0.6) is 5.75 Å². The molecule has 1 aromatic rings. The Labute approximate surface area is 136 Å². The van der Waals surface area contributed by atoms with E-state index in [4.69, 9.17) is 32.7 Å². The molecule has 120 valence electrons. The number of esters is 1. The molecule has 1 atom stereocenters. The Morgan fingerprint density at radius 1 is 1.27 bits per heavy atom. The second-order valence-electron chi connectivity index (χ2n) is 4.07. The third kappa shape index (κ3) is 5.79. The van der Waals surface area contributed by atoms with E-state index in [1.54, 1.807) is 6.07 Å². The van der Waals surface area contributed by atoms with E-state index in [2.05, 4.69) is 5.32 Å². The first-order valence-corrected chi connectivity index (χ1v) is 6.89. The van der Waals surface area contributed by atoms with Gasteiger partial charge in [-0.25, -0.2) is 9.59 Å². The first kappa shape index (κ1) is 18.1. The highest BCUT2D eigenvalue weighted by molar-refractivity contribution is 6.35. The lowest BCUT2D eigenvalue weighted by Crippen LogP contribution is -2.40. The van der Waals surface area contributed by atoms with Crippen molar-refractivity contribution < 1.29 is 23.9 Å². The van der Waals surface area contributed by atoms with Gasteiger partial charge in [0, 0.05) is 12.1 Å². The number of hydrogen-bond acceptors (Lipinski definition) is 5. The van der Waals surface area contributed by atoms with E-state index >= 15 is 0 Å². The molecule has 1 aromatic carbocycles. The molecule has 0 aliphatic rings. The van der Waals surface area contributed by atoms with Crippen molar-refractivity contribution in [3.8, 4) is 5.75 Å². The first-order chi connectivity index (χ1) is 10.3. The predicted octanol–water partition coefficient (Wildman–Crippen LogP) is 1.76. The number of nitrogens with one attached hydrogen (secondary N) is 2. The second-order valence-corrected chi connectivity index (χ2v) is 4.91. The SMILES string of the molecule is CNC(=O)NC(=O)COC(=O)C(C)Oc1ccc(Cl)cc1Cl. The highest BCUT2D eigenvalue weighted by Crippen LogP contribution is 2.28. The monoisotopic (exact) mass is 348 g/mol. The fraction of sp³-hybridized carbons (Fsp3) is 0.308. The zero-order chi connectivity index (χ0) is 16.7. The minimum Gasteiger partial charge on any atom is -0.477 e. The summed E-state index contributed by atoms with van der Waals surface area (Å²) in [5.41, 5.74) is 0. The van der Waals surface area contributed by atoms with Crippen molar-refractivity contribution in [2.75, 3.05) is 13.7 Å². The van der Waals surface area contributed by atoms with Gasteiger partial charge in [0.25, 0.3) is 5.91 Å². The highest BCUT2D eigenvalue weighted by Gasteiger charge is 2.19. The average Bonchev–Trinajstić information content (AvgIpc) is 2.47. The number of amides is 3. The zero-order valence-electron chi connectivity index (χ0n) is 11.8. The molecule has 2 N–H and O–H groups in total. The molecule has 0 aliphatic carbocycles. The predicted molar refractivity (Wildman–Crippen MR) is 80.1 cm³/mol. The lowest BCUT2D eigenvalue weighted by atomic mass is 10.3. The quantitative estimate of drug-likeness (QED) is 0.790. The summed E-state index contributed by atoms with van der Waals surface area (Å²) < 4.78 is 10.0. The van der Waals surface area contributed by atoms with Gasteiger partial charge in [-0.1, -0.05) is 23.2 Å².